The summed E-state index contributed by atoms with van der Waals surface area (Å²) in [6.45, 7) is 0. The molecule has 0 aliphatic rings. The second-order valence-electron chi connectivity index (χ2n) is 3.63. The lowest BCUT2D eigenvalue weighted by atomic mass is 10.1. The topological polar surface area (TPSA) is 58.9 Å². The molecule has 0 aliphatic heterocycles. The first-order valence-corrected chi connectivity index (χ1v) is 5.16. The van der Waals surface area contributed by atoms with Crippen LogP contribution < -0.4 is 9.39 Å². The molecule has 0 saturated carbocycles. The maximum absolute atomic E-state index is 12.2. The summed E-state index contributed by atoms with van der Waals surface area (Å²) in [5.74, 6) is -0.372. The first kappa shape index (κ1) is 13.5. The summed E-state index contributed by atoms with van der Waals surface area (Å²) in [4.78, 5) is 0. The Hall–Kier alpha value is -1.93. The third-order valence-corrected chi connectivity index (χ3v) is 2.28. The summed E-state index contributed by atoms with van der Waals surface area (Å²) >= 11 is 0. The van der Waals surface area contributed by atoms with Gasteiger partial charge in [0.2, 0.25) is 0 Å². The van der Waals surface area contributed by atoms with E-state index in [0.29, 0.717) is 5.39 Å². The van der Waals surface area contributed by atoms with Gasteiger partial charge >= 0.3 is 13.7 Å². The molecular weight excluding hydrogens is 264 g/mol. The third-order valence-electron chi connectivity index (χ3n) is 2.28. The van der Waals surface area contributed by atoms with E-state index < -0.39 is 13.7 Å². The van der Waals surface area contributed by atoms with Crippen LogP contribution in [0.3, 0.4) is 0 Å². The van der Waals surface area contributed by atoms with Gasteiger partial charge in [0.1, 0.15) is 11.5 Å². The Morgan fingerprint density at radius 1 is 1.05 bits per heavy atom. The third kappa shape index (κ3) is 3.52. The van der Waals surface area contributed by atoms with Crippen molar-refractivity contribution in [1.82, 2.24) is 0 Å². The molecule has 0 heterocycles. The van der Waals surface area contributed by atoms with Crippen molar-refractivity contribution in [3.05, 3.63) is 36.4 Å². The number of ether oxygens (including phenoxy) is 1. The van der Waals surface area contributed by atoms with Gasteiger partial charge in [0.05, 0.1) is 0 Å². The summed E-state index contributed by atoms with van der Waals surface area (Å²) in [5.41, 5.74) is 0. The lowest BCUT2D eigenvalue weighted by Gasteiger charge is -2.12. The lowest BCUT2D eigenvalue weighted by molar-refractivity contribution is -0.274. The summed E-state index contributed by atoms with van der Waals surface area (Å²) in [6.07, 6.45) is -4.80. The first-order valence-electron chi connectivity index (χ1n) is 5.16. The fraction of sp³-hybridized carbons (Fsp3) is 0.0909. The molecule has 0 saturated heterocycles. The van der Waals surface area contributed by atoms with E-state index in [4.69, 9.17) is 10.0 Å². The Balaban J connectivity index is 2.46. The average molecular weight is 272 g/mol. The van der Waals surface area contributed by atoms with Gasteiger partial charge in [0.25, 0.3) is 0 Å². The van der Waals surface area contributed by atoms with Crippen molar-refractivity contribution in [2.45, 2.75) is 6.36 Å². The minimum Gasteiger partial charge on any atom is -0.512 e. The Morgan fingerprint density at radius 3 is 2.42 bits per heavy atom. The second-order valence-corrected chi connectivity index (χ2v) is 3.63. The van der Waals surface area contributed by atoms with Crippen molar-refractivity contribution in [2.75, 3.05) is 0 Å². The van der Waals surface area contributed by atoms with Gasteiger partial charge in [-0.3, -0.25) is 0 Å². The molecule has 0 spiro atoms. The maximum atomic E-state index is 12.2. The second kappa shape index (κ2) is 4.98. The van der Waals surface area contributed by atoms with Crippen LogP contribution in [0.2, 0.25) is 0 Å². The molecule has 100 valence electrons. The molecule has 2 aromatic rings. The molecule has 2 rings (SSSR count). The average Bonchev–Trinajstić information content (AvgIpc) is 2.27. The number of hydrogen-bond acceptors (Lipinski definition) is 4. The van der Waals surface area contributed by atoms with Crippen LogP contribution in [0, 0.1) is 0 Å². The fourth-order valence-corrected chi connectivity index (χ4v) is 1.63. The van der Waals surface area contributed by atoms with Crippen LogP contribution in [0.4, 0.5) is 13.2 Å². The number of benzene rings is 2. The molecule has 0 unspecified atom stereocenters. The molecule has 4 nitrogen and oxygen atoms in total. The molecule has 0 aromatic heterocycles. The van der Waals surface area contributed by atoms with Crippen LogP contribution in [0.15, 0.2) is 36.4 Å². The Bertz CT molecular complexity index is 586. The van der Waals surface area contributed by atoms with Gasteiger partial charge in [-0.25, -0.2) is 0 Å². The molecule has 0 bridgehead atoms. The monoisotopic (exact) mass is 272 g/mol. The first-order chi connectivity index (χ1) is 8.85. The molecule has 8 heteroatoms. The largest absolute Gasteiger partial charge is 0.707 e. The van der Waals surface area contributed by atoms with E-state index >= 15 is 0 Å². The van der Waals surface area contributed by atoms with Gasteiger partial charge in [0, 0.05) is 5.39 Å². The van der Waals surface area contributed by atoms with Crippen molar-refractivity contribution in [3.8, 4) is 11.5 Å². The summed E-state index contributed by atoms with van der Waals surface area (Å²) < 4.78 is 45.2. The fourth-order valence-electron chi connectivity index (χ4n) is 1.63. The van der Waals surface area contributed by atoms with E-state index in [2.05, 4.69) is 9.39 Å². The zero-order chi connectivity index (χ0) is 14.0. The Kier molecular flexibility index (Phi) is 3.54. The minimum absolute atomic E-state index is 0.0146. The highest BCUT2D eigenvalue weighted by atomic mass is 19.4. The number of alkyl halides is 3. The predicted octanol–water partition coefficient (Wildman–Crippen LogP) is 2.09. The van der Waals surface area contributed by atoms with Crippen LogP contribution in [-0.4, -0.2) is 23.7 Å². The van der Waals surface area contributed by atoms with Crippen LogP contribution in [0.25, 0.3) is 10.8 Å². The minimum atomic E-state index is -4.80. The number of rotatable bonds is 3. The number of hydrogen-bond donors (Lipinski definition) is 2. The normalized spacial score (nSPS) is 11.4. The van der Waals surface area contributed by atoms with Crippen LogP contribution in [0.5, 0.6) is 11.5 Å². The van der Waals surface area contributed by atoms with E-state index in [1.807, 2.05) is 0 Å². The van der Waals surface area contributed by atoms with Gasteiger partial charge in [-0.15, -0.1) is 13.2 Å². The number of fused-ring (bicyclic) bond motifs is 1. The molecular formula is C11H8BF3O4. The van der Waals surface area contributed by atoms with Crippen molar-refractivity contribution < 1.29 is 32.6 Å². The molecule has 0 aliphatic carbocycles. The molecule has 2 aromatic carbocycles. The van der Waals surface area contributed by atoms with E-state index in [0.717, 1.165) is 6.07 Å². The van der Waals surface area contributed by atoms with Crippen LogP contribution in [0.1, 0.15) is 0 Å². The summed E-state index contributed by atoms with van der Waals surface area (Å²) in [6, 6.07) is 8.29. The maximum Gasteiger partial charge on any atom is 0.707 e. The van der Waals surface area contributed by atoms with Crippen molar-refractivity contribution in [1.29, 1.82) is 0 Å². The van der Waals surface area contributed by atoms with Crippen molar-refractivity contribution in [3.63, 3.8) is 0 Å². The zero-order valence-corrected chi connectivity index (χ0v) is 9.39. The summed E-state index contributed by atoms with van der Waals surface area (Å²) in [7, 11) is -2.05. The van der Waals surface area contributed by atoms with E-state index in [9.17, 15) is 13.2 Å². The van der Waals surface area contributed by atoms with Crippen molar-refractivity contribution >= 4 is 18.1 Å². The lowest BCUT2D eigenvalue weighted by Crippen LogP contribution is -2.20. The molecule has 0 atom stereocenters. The smallest absolute Gasteiger partial charge is 0.512 e. The Morgan fingerprint density at radius 2 is 1.79 bits per heavy atom. The quantitative estimate of drug-likeness (QED) is 0.840. The highest BCUT2D eigenvalue weighted by molar-refractivity contribution is 6.33. The van der Waals surface area contributed by atoms with E-state index in [1.165, 1.54) is 24.3 Å². The Labute approximate surface area is 106 Å². The van der Waals surface area contributed by atoms with Crippen LogP contribution in [-0.2, 0) is 0 Å². The molecule has 0 amide bonds. The van der Waals surface area contributed by atoms with Gasteiger partial charge < -0.3 is 19.4 Å². The highest BCUT2D eigenvalue weighted by Gasteiger charge is 2.31. The van der Waals surface area contributed by atoms with Gasteiger partial charge in [-0.1, -0.05) is 18.2 Å². The number of halogens is 3. The van der Waals surface area contributed by atoms with Crippen molar-refractivity contribution in [2.24, 2.45) is 0 Å². The highest BCUT2D eigenvalue weighted by Crippen LogP contribution is 2.32. The molecule has 0 fully saturated rings. The van der Waals surface area contributed by atoms with Crippen LogP contribution >= 0.6 is 0 Å². The van der Waals surface area contributed by atoms with E-state index in [1.54, 1.807) is 6.07 Å². The van der Waals surface area contributed by atoms with Gasteiger partial charge in [-0.05, 0) is 23.6 Å². The molecule has 2 N–H and O–H groups in total. The molecule has 0 radical (unpaired) electrons. The SMILES string of the molecule is OB(O)Oc1ccc2cccc(OC(F)(F)F)c2c1. The summed E-state index contributed by atoms with van der Waals surface area (Å²) in [5, 5.41) is 18.0. The standard InChI is InChI=1S/C11H8BF3O4/c13-11(14,15)18-10-3-1-2-7-4-5-8(6-9(7)10)19-12(16)17/h1-6,16-17H. The zero-order valence-electron chi connectivity index (χ0n) is 9.39. The van der Waals surface area contributed by atoms with Gasteiger partial charge in [0.15, 0.2) is 0 Å². The van der Waals surface area contributed by atoms with Gasteiger partial charge in [-0.2, -0.15) is 0 Å². The van der Waals surface area contributed by atoms with E-state index in [-0.39, 0.29) is 16.9 Å². The predicted molar refractivity (Wildman–Crippen MR) is 61.5 cm³/mol. The molecule has 19 heavy (non-hydrogen) atoms.